The molecule has 134 valence electrons. The van der Waals surface area contributed by atoms with Crippen molar-refractivity contribution in [3.05, 3.63) is 58.9 Å². The Morgan fingerprint density at radius 3 is 3.00 bits per heavy atom. The minimum Gasteiger partial charge on any atom is -0.476 e. The van der Waals surface area contributed by atoms with Gasteiger partial charge in [0.15, 0.2) is 5.69 Å². The van der Waals surface area contributed by atoms with Gasteiger partial charge in [-0.2, -0.15) is 5.10 Å². The largest absolute Gasteiger partial charge is 0.476 e. The van der Waals surface area contributed by atoms with Crippen LogP contribution in [0.15, 0.2) is 41.9 Å². The molecule has 0 bridgehead atoms. The lowest BCUT2D eigenvalue weighted by molar-refractivity contribution is 0.0691. The van der Waals surface area contributed by atoms with Crippen LogP contribution >= 0.6 is 11.3 Å². The fourth-order valence-electron chi connectivity index (χ4n) is 3.56. The van der Waals surface area contributed by atoms with Crippen LogP contribution in [0.4, 0.5) is 0 Å². The number of carbonyl (C=O) groups is 1. The number of hydrogen-bond donors (Lipinski definition) is 1. The zero-order valence-corrected chi connectivity index (χ0v) is 15.4. The minimum atomic E-state index is -1.02. The van der Waals surface area contributed by atoms with Crippen molar-refractivity contribution in [3.63, 3.8) is 0 Å². The predicted molar refractivity (Wildman–Crippen MR) is 105 cm³/mol. The number of aromatic nitrogens is 4. The van der Waals surface area contributed by atoms with Crippen molar-refractivity contribution in [1.29, 1.82) is 0 Å². The van der Waals surface area contributed by atoms with Gasteiger partial charge < -0.3 is 9.67 Å². The molecule has 1 aromatic carbocycles. The fourth-order valence-corrected chi connectivity index (χ4v) is 4.33. The summed E-state index contributed by atoms with van der Waals surface area (Å²) in [5.74, 6) is -1.02. The first-order chi connectivity index (χ1) is 13.1. The number of benzene rings is 1. The third kappa shape index (κ3) is 2.50. The highest BCUT2D eigenvalue weighted by Gasteiger charge is 2.22. The van der Waals surface area contributed by atoms with E-state index >= 15 is 0 Å². The summed E-state index contributed by atoms with van der Waals surface area (Å²) in [6.45, 7) is 0. The predicted octanol–water partition coefficient (Wildman–Crippen LogP) is 4.15. The molecule has 1 aliphatic carbocycles. The van der Waals surface area contributed by atoms with Crippen molar-refractivity contribution < 1.29 is 9.90 Å². The molecular formula is C20H16N4O2S. The van der Waals surface area contributed by atoms with Gasteiger partial charge in [0, 0.05) is 40.7 Å². The van der Waals surface area contributed by atoms with Crippen molar-refractivity contribution in [2.24, 2.45) is 7.05 Å². The molecule has 0 saturated heterocycles. The lowest BCUT2D eigenvalue weighted by atomic mass is 9.98. The SMILES string of the molecule is Cn1ccc2cc(-c3nn(-c4nc(C(=O)O)cs4)c4c3C=CCC4)ccc21. The zero-order valence-electron chi connectivity index (χ0n) is 14.6. The zero-order chi connectivity index (χ0) is 18.5. The molecule has 0 saturated carbocycles. The van der Waals surface area contributed by atoms with E-state index in [1.165, 1.54) is 22.2 Å². The number of thiazole rings is 1. The number of carboxylic acid groups (broad SMARTS) is 1. The van der Waals surface area contributed by atoms with E-state index < -0.39 is 5.97 Å². The molecule has 5 rings (SSSR count). The highest BCUT2D eigenvalue weighted by molar-refractivity contribution is 7.12. The molecule has 3 heterocycles. The first-order valence-corrected chi connectivity index (χ1v) is 9.53. The first kappa shape index (κ1) is 16.0. The second-order valence-electron chi connectivity index (χ2n) is 6.58. The number of hydrogen-bond acceptors (Lipinski definition) is 4. The van der Waals surface area contributed by atoms with Crippen molar-refractivity contribution >= 4 is 34.3 Å². The van der Waals surface area contributed by atoms with Gasteiger partial charge in [-0.15, -0.1) is 11.3 Å². The van der Waals surface area contributed by atoms with Gasteiger partial charge in [0.25, 0.3) is 0 Å². The Labute approximate surface area is 159 Å². The normalized spacial score (nSPS) is 13.2. The van der Waals surface area contributed by atoms with E-state index in [9.17, 15) is 9.90 Å². The van der Waals surface area contributed by atoms with Crippen LogP contribution < -0.4 is 0 Å². The van der Waals surface area contributed by atoms with E-state index in [-0.39, 0.29) is 5.69 Å². The van der Waals surface area contributed by atoms with Crippen LogP contribution in [0.1, 0.15) is 28.2 Å². The standard InChI is InChI=1S/C20H16N4O2S/c1-23-9-8-12-10-13(6-7-16(12)23)18-14-4-2-3-5-17(14)24(22-18)20-21-15(11-27-20)19(25)26/h2,4,6-11H,3,5H2,1H3,(H,25,26). The summed E-state index contributed by atoms with van der Waals surface area (Å²) >= 11 is 1.30. The van der Waals surface area contributed by atoms with E-state index in [0.29, 0.717) is 5.13 Å². The van der Waals surface area contributed by atoms with Gasteiger partial charge in [0.2, 0.25) is 5.13 Å². The Bertz CT molecular complexity index is 1230. The number of nitrogens with zero attached hydrogens (tertiary/aromatic N) is 4. The molecule has 0 aliphatic heterocycles. The monoisotopic (exact) mass is 376 g/mol. The molecule has 6 nitrogen and oxygen atoms in total. The Morgan fingerprint density at radius 2 is 2.19 bits per heavy atom. The number of aryl methyl sites for hydroxylation is 1. The number of aromatic carboxylic acids is 1. The number of rotatable bonds is 3. The summed E-state index contributed by atoms with van der Waals surface area (Å²) in [4.78, 5) is 15.4. The van der Waals surface area contributed by atoms with Crippen LogP contribution in [-0.2, 0) is 13.5 Å². The molecule has 1 N–H and O–H groups in total. The van der Waals surface area contributed by atoms with Crippen LogP contribution in [0.25, 0.3) is 33.4 Å². The number of allylic oxidation sites excluding steroid dienone is 1. The van der Waals surface area contributed by atoms with Gasteiger partial charge in [-0.3, -0.25) is 0 Å². The molecule has 0 radical (unpaired) electrons. The van der Waals surface area contributed by atoms with Gasteiger partial charge in [0.05, 0.1) is 5.69 Å². The number of fused-ring (bicyclic) bond motifs is 2. The van der Waals surface area contributed by atoms with Gasteiger partial charge in [-0.1, -0.05) is 18.2 Å². The molecule has 27 heavy (non-hydrogen) atoms. The molecule has 0 spiro atoms. The summed E-state index contributed by atoms with van der Waals surface area (Å²) in [5.41, 5.74) is 5.34. The summed E-state index contributed by atoms with van der Waals surface area (Å²) in [5, 5.41) is 17.3. The van der Waals surface area contributed by atoms with Gasteiger partial charge >= 0.3 is 5.97 Å². The van der Waals surface area contributed by atoms with Crippen molar-refractivity contribution in [1.82, 2.24) is 19.3 Å². The van der Waals surface area contributed by atoms with E-state index in [1.807, 2.05) is 13.2 Å². The third-order valence-electron chi connectivity index (χ3n) is 4.91. The summed E-state index contributed by atoms with van der Waals surface area (Å²) in [6.07, 6.45) is 8.11. The lowest BCUT2D eigenvalue weighted by Crippen LogP contribution is -2.05. The number of carboxylic acids is 1. The summed E-state index contributed by atoms with van der Waals surface area (Å²) in [6, 6.07) is 8.43. The first-order valence-electron chi connectivity index (χ1n) is 8.65. The quantitative estimate of drug-likeness (QED) is 0.583. The molecule has 0 atom stereocenters. The Morgan fingerprint density at radius 1 is 1.30 bits per heavy atom. The Hall–Kier alpha value is -3.19. The van der Waals surface area contributed by atoms with Crippen molar-refractivity contribution in [2.75, 3.05) is 0 Å². The summed E-state index contributed by atoms with van der Waals surface area (Å²) in [7, 11) is 2.03. The molecule has 7 heteroatoms. The molecule has 1 aliphatic rings. The molecule has 0 fully saturated rings. The Balaban J connectivity index is 1.69. The minimum absolute atomic E-state index is 0.0536. The topological polar surface area (TPSA) is 72.9 Å². The van der Waals surface area contributed by atoms with Crippen LogP contribution in [0, 0.1) is 0 Å². The maximum Gasteiger partial charge on any atom is 0.355 e. The average molecular weight is 376 g/mol. The maximum atomic E-state index is 11.2. The van der Waals surface area contributed by atoms with Crippen LogP contribution in [0.3, 0.4) is 0 Å². The molecule has 3 aromatic heterocycles. The van der Waals surface area contributed by atoms with Crippen LogP contribution in [0.2, 0.25) is 0 Å². The van der Waals surface area contributed by atoms with E-state index in [0.717, 1.165) is 35.4 Å². The van der Waals surface area contributed by atoms with Gasteiger partial charge in [-0.25, -0.2) is 14.5 Å². The molecular weight excluding hydrogens is 360 g/mol. The van der Waals surface area contributed by atoms with Crippen LogP contribution in [-0.4, -0.2) is 30.4 Å². The van der Waals surface area contributed by atoms with E-state index in [2.05, 4.69) is 46.0 Å². The Kier molecular flexibility index (Phi) is 3.51. The third-order valence-corrected chi connectivity index (χ3v) is 5.72. The molecule has 0 amide bonds. The smallest absolute Gasteiger partial charge is 0.355 e. The highest BCUT2D eigenvalue weighted by Crippen LogP contribution is 2.34. The second-order valence-corrected chi connectivity index (χ2v) is 7.42. The summed E-state index contributed by atoms with van der Waals surface area (Å²) < 4.78 is 3.90. The highest BCUT2D eigenvalue weighted by atomic mass is 32.1. The van der Waals surface area contributed by atoms with Crippen molar-refractivity contribution in [3.8, 4) is 16.4 Å². The van der Waals surface area contributed by atoms with E-state index in [4.69, 9.17) is 5.10 Å². The second kappa shape index (κ2) is 5.92. The molecule has 4 aromatic rings. The van der Waals surface area contributed by atoms with E-state index in [1.54, 1.807) is 10.1 Å². The fraction of sp³-hybridized carbons (Fsp3) is 0.150. The van der Waals surface area contributed by atoms with Gasteiger partial charge in [0.1, 0.15) is 5.69 Å². The lowest BCUT2D eigenvalue weighted by Gasteiger charge is -2.08. The maximum absolute atomic E-state index is 11.2. The average Bonchev–Trinajstić information content (AvgIpc) is 3.38. The van der Waals surface area contributed by atoms with Crippen LogP contribution in [0.5, 0.6) is 0 Å². The van der Waals surface area contributed by atoms with Crippen molar-refractivity contribution in [2.45, 2.75) is 12.8 Å². The molecule has 0 unspecified atom stereocenters. The van der Waals surface area contributed by atoms with Gasteiger partial charge in [-0.05, 0) is 31.0 Å².